The van der Waals surface area contributed by atoms with Gasteiger partial charge in [0.1, 0.15) is 22.2 Å². The van der Waals surface area contributed by atoms with E-state index in [1.807, 2.05) is 0 Å². The highest BCUT2D eigenvalue weighted by molar-refractivity contribution is 7.92. The first-order valence-electron chi connectivity index (χ1n) is 7.28. The Labute approximate surface area is 143 Å². The summed E-state index contributed by atoms with van der Waals surface area (Å²) >= 11 is 0. The van der Waals surface area contributed by atoms with Crippen LogP contribution in [0.25, 0.3) is 0 Å². The molecule has 2 N–H and O–H groups in total. The van der Waals surface area contributed by atoms with E-state index in [2.05, 4.69) is 10.0 Å². The van der Waals surface area contributed by atoms with Gasteiger partial charge in [-0.15, -0.1) is 0 Å². The quantitative estimate of drug-likeness (QED) is 0.866. The SMILES string of the molecule is COc1ccc(F)cc1S(=O)(=O)Nc1ccc2c(c1)NC(=O)[C@@H](C)O2. The average molecular weight is 366 g/mol. The van der Waals surface area contributed by atoms with Crippen LogP contribution in [-0.4, -0.2) is 27.5 Å². The summed E-state index contributed by atoms with van der Waals surface area (Å²) in [6, 6.07) is 7.63. The summed E-state index contributed by atoms with van der Waals surface area (Å²) in [7, 11) is -2.81. The number of rotatable bonds is 4. The van der Waals surface area contributed by atoms with Gasteiger partial charge in [-0.3, -0.25) is 9.52 Å². The van der Waals surface area contributed by atoms with Gasteiger partial charge in [0.15, 0.2) is 6.10 Å². The Kier molecular flexibility index (Phi) is 4.25. The first-order chi connectivity index (χ1) is 11.8. The Balaban J connectivity index is 1.93. The topological polar surface area (TPSA) is 93.7 Å². The zero-order valence-electron chi connectivity index (χ0n) is 13.4. The molecule has 0 saturated carbocycles. The van der Waals surface area contributed by atoms with E-state index in [4.69, 9.17) is 9.47 Å². The fourth-order valence-electron chi connectivity index (χ4n) is 2.34. The second-order valence-electron chi connectivity index (χ2n) is 5.36. The molecule has 1 aliphatic heterocycles. The summed E-state index contributed by atoms with van der Waals surface area (Å²) in [6.07, 6.45) is -0.633. The molecule has 1 heterocycles. The van der Waals surface area contributed by atoms with Crippen molar-refractivity contribution in [2.45, 2.75) is 17.9 Å². The molecule has 0 saturated heterocycles. The maximum atomic E-state index is 13.4. The Morgan fingerprint density at radius 3 is 2.72 bits per heavy atom. The van der Waals surface area contributed by atoms with Crippen LogP contribution in [0.4, 0.5) is 15.8 Å². The second-order valence-corrected chi connectivity index (χ2v) is 7.01. The average Bonchev–Trinajstić information content (AvgIpc) is 2.56. The largest absolute Gasteiger partial charge is 0.495 e. The molecule has 1 amide bonds. The van der Waals surface area contributed by atoms with Crippen molar-refractivity contribution < 1.29 is 27.1 Å². The highest BCUT2D eigenvalue weighted by Gasteiger charge is 2.25. The van der Waals surface area contributed by atoms with Crippen LogP contribution < -0.4 is 19.5 Å². The van der Waals surface area contributed by atoms with Gasteiger partial charge in [0, 0.05) is 0 Å². The summed E-state index contributed by atoms with van der Waals surface area (Å²) in [5.41, 5.74) is 0.526. The Morgan fingerprint density at radius 2 is 2.00 bits per heavy atom. The van der Waals surface area contributed by atoms with Gasteiger partial charge in [-0.25, -0.2) is 12.8 Å². The fraction of sp³-hybridized carbons (Fsp3) is 0.188. The molecule has 0 fully saturated rings. The van der Waals surface area contributed by atoms with E-state index in [1.54, 1.807) is 6.92 Å². The number of hydrogen-bond acceptors (Lipinski definition) is 5. The first kappa shape index (κ1) is 17.0. The maximum Gasteiger partial charge on any atom is 0.265 e. The summed E-state index contributed by atoms with van der Waals surface area (Å²) < 4.78 is 51.2. The molecular weight excluding hydrogens is 351 g/mol. The number of hydrogen-bond donors (Lipinski definition) is 2. The minimum atomic E-state index is -4.10. The zero-order chi connectivity index (χ0) is 18.2. The number of amides is 1. The van der Waals surface area contributed by atoms with Crippen molar-refractivity contribution in [2.75, 3.05) is 17.1 Å². The molecule has 7 nitrogen and oxygen atoms in total. The van der Waals surface area contributed by atoms with Gasteiger partial charge in [-0.05, 0) is 43.3 Å². The zero-order valence-corrected chi connectivity index (χ0v) is 14.2. The molecule has 0 radical (unpaired) electrons. The van der Waals surface area contributed by atoms with E-state index in [1.165, 1.54) is 31.4 Å². The second kappa shape index (κ2) is 6.25. The highest BCUT2D eigenvalue weighted by Crippen LogP contribution is 2.33. The van der Waals surface area contributed by atoms with E-state index in [9.17, 15) is 17.6 Å². The highest BCUT2D eigenvalue weighted by atomic mass is 32.2. The van der Waals surface area contributed by atoms with Gasteiger partial charge >= 0.3 is 0 Å². The lowest BCUT2D eigenvalue weighted by Gasteiger charge is -2.23. The summed E-state index contributed by atoms with van der Waals surface area (Å²) in [5, 5.41) is 2.62. The third-order valence-electron chi connectivity index (χ3n) is 3.58. The molecule has 2 aromatic rings. The summed E-state index contributed by atoms with van der Waals surface area (Å²) in [6.45, 7) is 1.60. The van der Waals surface area contributed by atoms with Crippen molar-refractivity contribution >= 4 is 27.3 Å². The number of methoxy groups -OCH3 is 1. The number of carbonyl (C=O) groups is 1. The molecule has 0 bridgehead atoms. The molecular formula is C16H15FN2O5S. The summed E-state index contributed by atoms with van der Waals surface area (Å²) in [4.78, 5) is 11.3. The predicted molar refractivity (Wildman–Crippen MR) is 88.9 cm³/mol. The van der Waals surface area contributed by atoms with Crippen molar-refractivity contribution in [3.05, 3.63) is 42.2 Å². The molecule has 0 unspecified atom stereocenters. The minimum absolute atomic E-state index is 0.0114. The van der Waals surface area contributed by atoms with E-state index >= 15 is 0 Å². The number of fused-ring (bicyclic) bond motifs is 1. The molecule has 2 aromatic carbocycles. The molecule has 1 aliphatic rings. The van der Waals surface area contributed by atoms with Gasteiger partial charge in [0.2, 0.25) is 0 Å². The molecule has 0 aliphatic carbocycles. The monoisotopic (exact) mass is 366 g/mol. The number of benzene rings is 2. The smallest absolute Gasteiger partial charge is 0.265 e. The number of carbonyl (C=O) groups excluding carboxylic acids is 1. The van der Waals surface area contributed by atoms with Gasteiger partial charge in [-0.1, -0.05) is 0 Å². The van der Waals surface area contributed by atoms with Crippen molar-refractivity contribution in [3.63, 3.8) is 0 Å². The van der Waals surface area contributed by atoms with Crippen molar-refractivity contribution in [2.24, 2.45) is 0 Å². The molecule has 0 aromatic heterocycles. The van der Waals surface area contributed by atoms with Crippen LogP contribution in [-0.2, 0) is 14.8 Å². The summed E-state index contributed by atoms with van der Waals surface area (Å²) in [5.74, 6) is -0.601. The minimum Gasteiger partial charge on any atom is -0.495 e. The van der Waals surface area contributed by atoms with Crippen molar-refractivity contribution in [1.29, 1.82) is 0 Å². The number of anilines is 2. The van der Waals surface area contributed by atoms with E-state index in [0.29, 0.717) is 11.4 Å². The van der Waals surface area contributed by atoms with Gasteiger partial charge in [0.05, 0.1) is 18.5 Å². The predicted octanol–water partition coefficient (Wildman–Crippen LogP) is 2.35. The van der Waals surface area contributed by atoms with E-state index in [-0.39, 0.29) is 22.2 Å². The van der Waals surface area contributed by atoms with Crippen LogP contribution in [0.2, 0.25) is 0 Å². The number of halogens is 1. The normalized spacial score (nSPS) is 16.4. The number of ether oxygens (including phenoxy) is 2. The molecule has 25 heavy (non-hydrogen) atoms. The van der Waals surface area contributed by atoms with Gasteiger partial charge in [-0.2, -0.15) is 0 Å². The van der Waals surface area contributed by atoms with Crippen LogP contribution in [0.5, 0.6) is 11.5 Å². The molecule has 1 atom stereocenters. The van der Waals surface area contributed by atoms with Gasteiger partial charge in [0.25, 0.3) is 15.9 Å². The third-order valence-corrected chi connectivity index (χ3v) is 4.98. The first-order valence-corrected chi connectivity index (χ1v) is 8.76. The molecule has 3 rings (SSSR count). The third kappa shape index (κ3) is 3.36. The lowest BCUT2D eigenvalue weighted by molar-refractivity contribution is -0.122. The molecule has 9 heteroatoms. The maximum absolute atomic E-state index is 13.4. The van der Waals surface area contributed by atoms with Gasteiger partial charge < -0.3 is 14.8 Å². The lowest BCUT2D eigenvalue weighted by Crippen LogP contribution is -2.34. The number of sulfonamides is 1. The van der Waals surface area contributed by atoms with E-state index < -0.39 is 21.9 Å². The van der Waals surface area contributed by atoms with Crippen LogP contribution in [0.3, 0.4) is 0 Å². The van der Waals surface area contributed by atoms with E-state index in [0.717, 1.165) is 12.1 Å². The number of nitrogens with one attached hydrogen (secondary N) is 2. The standard InChI is InChI=1S/C16H15FN2O5S/c1-9-16(20)18-12-8-11(4-6-13(12)24-9)19-25(21,22)15-7-10(17)3-5-14(15)23-2/h3-9,19H,1-2H3,(H,18,20)/t9-/m1/s1. The van der Waals surface area contributed by atoms with Crippen LogP contribution in [0.15, 0.2) is 41.3 Å². The van der Waals surface area contributed by atoms with Crippen LogP contribution in [0, 0.1) is 5.82 Å². The molecule has 0 spiro atoms. The van der Waals surface area contributed by atoms with Crippen LogP contribution in [0.1, 0.15) is 6.92 Å². The Bertz CT molecular complexity index is 946. The lowest BCUT2D eigenvalue weighted by atomic mass is 10.2. The van der Waals surface area contributed by atoms with Crippen molar-refractivity contribution in [3.8, 4) is 11.5 Å². The fourth-order valence-corrected chi connectivity index (χ4v) is 3.57. The Hall–Kier alpha value is -2.81. The van der Waals surface area contributed by atoms with Crippen molar-refractivity contribution in [1.82, 2.24) is 0 Å². The Morgan fingerprint density at radius 1 is 1.24 bits per heavy atom. The molecule has 132 valence electrons. The van der Waals surface area contributed by atoms with Crippen LogP contribution >= 0.6 is 0 Å².